The van der Waals surface area contributed by atoms with Crippen molar-refractivity contribution in [2.24, 2.45) is 0 Å². The number of fused-ring (bicyclic) bond motifs is 1. The van der Waals surface area contributed by atoms with E-state index < -0.39 is 5.97 Å². The molecule has 4 aromatic rings. The van der Waals surface area contributed by atoms with Crippen molar-refractivity contribution in [3.63, 3.8) is 0 Å². The van der Waals surface area contributed by atoms with Gasteiger partial charge in [-0.05, 0) is 30.3 Å². The van der Waals surface area contributed by atoms with Crippen molar-refractivity contribution in [2.45, 2.75) is 6.42 Å². The lowest BCUT2D eigenvalue weighted by molar-refractivity contribution is 0.0510. The third kappa shape index (κ3) is 3.55. The zero-order chi connectivity index (χ0) is 19.3. The minimum absolute atomic E-state index is 0.174. The normalized spacial score (nSPS) is 10.7. The average Bonchev–Trinajstić information content (AvgIpc) is 2.75. The number of rotatable bonds is 5. The molecule has 0 aliphatic carbocycles. The number of aromatic nitrogens is 2. The molecule has 2 aromatic carbocycles. The van der Waals surface area contributed by atoms with E-state index in [1.165, 1.54) is 4.57 Å². The highest BCUT2D eigenvalue weighted by Gasteiger charge is 2.16. The van der Waals surface area contributed by atoms with Gasteiger partial charge in [-0.3, -0.25) is 14.3 Å². The van der Waals surface area contributed by atoms with Crippen molar-refractivity contribution in [1.82, 2.24) is 9.55 Å². The molecule has 2 aromatic heterocycles. The fraction of sp³-hybridized carbons (Fsp3) is 0.0870. The summed E-state index contributed by atoms with van der Waals surface area (Å²) in [6.45, 7) is 0.217. The highest BCUT2D eigenvalue weighted by molar-refractivity contribution is 6.04. The zero-order valence-electron chi connectivity index (χ0n) is 15.1. The molecule has 0 N–H and O–H groups in total. The molecule has 138 valence electrons. The molecule has 4 rings (SSSR count). The summed E-state index contributed by atoms with van der Waals surface area (Å²) in [5.74, 6) is -0.461. The van der Waals surface area contributed by atoms with Gasteiger partial charge in [-0.15, -0.1) is 0 Å². The van der Waals surface area contributed by atoms with Crippen LogP contribution in [0.1, 0.15) is 16.1 Å². The highest BCUT2D eigenvalue weighted by atomic mass is 16.5. The smallest absolute Gasteiger partial charge is 0.340 e. The number of pyridine rings is 2. The number of ether oxygens (including phenoxy) is 1. The third-order valence-electron chi connectivity index (χ3n) is 4.50. The van der Waals surface area contributed by atoms with Gasteiger partial charge in [-0.1, -0.05) is 42.5 Å². The predicted octanol–water partition coefficient (Wildman–Crippen LogP) is 3.79. The van der Waals surface area contributed by atoms with Crippen LogP contribution in [0.25, 0.3) is 16.5 Å². The van der Waals surface area contributed by atoms with Gasteiger partial charge >= 0.3 is 5.97 Å². The molecule has 5 heteroatoms. The van der Waals surface area contributed by atoms with Crippen LogP contribution in [0.3, 0.4) is 0 Å². The second-order valence-electron chi connectivity index (χ2n) is 6.31. The Labute approximate surface area is 161 Å². The number of para-hydroxylation sites is 1. The van der Waals surface area contributed by atoms with Gasteiger partial charge in [0.1, 0.15) is 0 Å². The van der Waals surface area contributed by atoms with Crippen LogP contribution in [0.15, 0.2) is 90.0 Å². The third-order valence-corrected chi connectivity index (χ3v) is 4.50. The Bertz CT molecular complexity index is 1170. The first-order valence-corrected chi connectivity index (χ1v) is 9.01. The lowest BCUT2D eigenvalue weighted by atomic mass is 10.1. The summed E-state index contributed by atoms with van der Waals surface area (Å²) < 4.78 is 6.96. The van der Waals surface area contributed by atoms with Gasteiger partial charge in [0, 0.05) is 41.0 Å². The van der Waals surface area contributed by atoms with Crippen LogP contribution in [0.2, 0.25) is 0 Å². The number of carbonyl (C=O) groups is 1. The largest absolute Gasteiger partial charge is 0.462 e. The number of carbonyl (C=O) groups excluding carboxylic acids is 1. The molecule has 0 saturated carbocycles. The Kier molecular flexibility index (Phi) is 4.97. The van der Waals surface area contributed by atoms with Crippen LogP contribution in [-0.2, 0) is 11.2 Å². The summed E-state index contributed by atoms with van der Waals surface area (Å²) in [4.78, 5) is 29.9. The molecule has 28 heavy (non-hydrogen) atoms. The molecule has 0 bridgehead atoms. The van der Waals surface area contributed by atoms with Crippen molar-refractivity contribution in [2.75, 3.05) is 6.61 Å². The van der Waals surface area contributed by atoms with E-state index in [4.69, 9.17) is 4.74 Å². The van der Waals surface area contributed by atoms with E-state index in [1.54, 1.807) is 36.7 Å². The van der Waals surface area contributed by atoms with Gasteiger partial charge in [0.2, 0.25) is 0 Å². The van der Waals surface area contributed by atoms with Crippen LogP contribution in [0.4, 0.5) is 0 Å². The first-order chi connectivity index (χ1) is 13.7. The maximum Gasteiger partial charge on any atom is 0.340 e. The summed E-state index contributed by atoms with van der Waals surface area (Å²) in [6.07, 6.45) is 3.80. The summed E-state index contributed by atoms with van der Waals surface area (Å²) in [6, 6.07) is 21.9. The van der Waals surface area contributed by atoms with E-state index in [1.807, 2.05) is 48.5 Å². The van der Waals surface area contributed by atoms with E-state index in [0.717, 1.165) is 5.69 Å². The minimum atomic E-state index is -0.461. The second kappa shape index (κ2) is 7.88. The topological polar surface area (TPSA) is 61.2 Å². The summed E-state index contributed by atoms with van der Waals surface area (Å²) in [5.41, 5.74) is 1.74. The zero-order valence-corrected chi connectivity index (χ0v) is 15.1. The molecule has 0 saturated heterocycles. The van der Waals surface area contributed by atoms with Crippen LogP contribution in [0, 0.1) is 0 Å². The van der Waals surface area contributed by atoms with Gasteiger partial charge in [-0.25, -0.2) is 4.79 Å². The van der Waals surface area contributed by atoms with Crippen molar-refractivity contribution >= 4 is 16.7 Å². The van der Waals surface area contributed by atoms with Gasteiger partial charge < -0.3 is 4.74 Å². The fourth-order valence-corrected chi connectivity index (χ4v) is 3.11. The molecule has 0 amide bonds. The number of benzene rings is 2. The first-order valence-electron chi connectivity index (χ1n) is 9.01. The number of esters is 1. The summed E-state index contributed by atoms with van der Waals surface area (Å²) in [5, 5.41) is 1.06. The van der Waals surface area contributed by atoms with E-state index in [9.17, 15) is 9.59 Å². The lowest BCUT2D eigenvalue weighted by Crippen LogP contribution is -2.21. The van der Waals surface area contributed by atoms with Crippen molar-refractivity contribution < 1.29 is 9.53 Å². The standard InChI is InChI=1S/C23H18N2O3/c26-22-20-12-5-4-11-19(20)21(16-25(22)18-9-2-1-3-10-18)23(27)28-15-13-17-8-6-7-14-24-17/h1-12,14,16H,13,15H2. The number of hydrogen-bond acceptors (Lipinski definition) is 4. The molecule has 0 unspecified atom stereocenters. The second-order valence-corrected chi connectivity index (χ2v) is 6.31. The first kappa shape index (κ1) is 17.7. The van der Waals surface area contributed by atoms with E-state index >= 15 is 0 Å². The maximum absolute atomic E-state index is 12.9. The molecular formula is C23H18N2O3. The van der Waals surface area contributed by atoms with Gasteiger partial charge in [-0.2, -0.15) is 0 Å². The summed E-state index contributed by atoms with van der Waals surface area (Å²) in [7, 11) is 0. The Morgan fingerprint density at radius 1 is 0.893 bits per heavy atom. The molecule has 0 spiro atoms. The Morgan fingerprint density at radius 3 is 2.36 bits per heavy atom. The minimum Gasteiger partial charge on any atom is -0.462 e. The van der Waals surface area contributed by atoms with Gasteiger partial charge in [0.05, 0.1) is 12.2 Å². The van der Waals surface area contributed by atoms with Crippen molar-refractivity contribution in [1.29, 1.82) is 0 Å². The number of nitrogens with zero attached hydrogens (tertiary/aromatic N) is 2. The predicted molar refractivity (Wildman–Crippen MR) is 108 cm³/mol. The number of hydrogen-bond donors (Lipinski definition) is 0. The van der Waals surface area contributed by atoms with Crippen LogP contribution >= 0.6 is 0 Å². The van der Waals surface area contributed by atoms with E-state index in [-0.39, 0.29) is 12.2 Å². The van der Waals surface area contributed by atoms with Crippen molar-refractivity contribution in [3.05, 3.63) is 107 Å². The molecule has 0 fully saturated rings. The lowest BCUT2D eigenvalue weighted by Gasteiger charge is -2.12. The average molecular weight is 370 g/mol. The monoisotopic (exact) mass is 370 g/mol. The van der Waals surface area contributed by atoms with Crippen LogP contribution < -0.4 is 5.56 Å². The Morgan fingerprint density at radius 2 is 1.61 bits per heavy atom. The maximum atomic E-state index is 12.9. The van der Waals surface area contributed by atoms with E-state index in [0.29, 0.717) is 28.4 Å². The Balaban J connectivity index is 1.68. The fourth-order valence-electron chi connectivity index (χ4n) is 3.11. The molecule has 0 aliphatic heterocycles. The molecule has 0 aliphatic rings. The molecule has 5 nitrogen and oxygen atoms in total. The molecule has 0 radical (unpaired) electrons. The van der Waals surface area contributed by atoms with Crippen LogP contribution in [-0.4, -0.2) is 22.1 Å². The Hall–Kier alpha value is -3.73. The quantitative estimate of drug-likeness (QED) is 0.502. The van der Waals surface area contributed by atoms with Crippen molar-refractivity contribution in [3.8, 4) is 5.69 Å². The highest BCUT2D eigenvalue weighted by Crippen LogP contribution is 2.18. The van der Waals surface area contributed by atoms with Crippen LogP contribution in [0.5, 0.6) is 0 Å². The van der Waals surface area contributed by atoms with Gasteiger partial charge in [0.15, 0.2) is 0 Å². The van der Waals surface area contributed by atoms with Gasteiger partial charge in [0.25, 0.3) is 5.56 Å². The molecule has 2 heterocycles. The summed E-state index contributed by atoms with van der Waals surface area (Å²) >= 11 is 0. The van der Waals surface area contributed by atoms with E-state index in [2.05, 4.69) is 4.98 Å². The molecular weight excluding hydrogens is 352 g/mol. The molecule has 0 atom stereocenters. The SMILES string of the molecule is O=C(OCCc1ccccn1)c1cn(-c2ccccc2)c(=O)c2ccccc12.